The second kappa shape index (κ2) is 7.24. The zero-order valence-corrected chi connectivity index (χ0v) is 13.2. The van der Waals surface area contributed by atoms with Crippen LogP contribution in [-0.4, -0.2) is 49.3 Å². The van der Waals surface area contributed by atoms with Gasteiger partial charge in [-0.15, -0.1) is 0 Å². The second-order valence-electron chi connectivity index (χ2n) is 7.01. The van der Waals surface area contributed by atoms with E-state index < -0.39 is 0 Å². The molecule has 3 nitrogen and oxygen atoms in total. The standard InChI is InChI=1S/C17H32N2O/c1-2-18-12-15-9-10-16(20-15)13-19-11-5-7-14-6-3-4-8-17(14)19/h14-18H,2-13H2,1H3. The van der Waals surface area contributed by atoms with Gasteiger partial charge in [-0.1, -0.05) is 19.8 Å². The third-order valence-corrected chi connectivity index (χ3v) is 5.61. The van der Waals surface area contributed by atoms with Crippen LogP contribution in [0.2, 0.25) is 0 Å². The van der Waals surface area contributed by atoms with E-state index >= 15 is 0 Å². The van der Waals surface area contributed by atoms with E-state index in [0.717, 1.165) is 25.0 Å². The van der Waals surface area contributed by atoms with Crippen molar-refractivity contribution >= 4 is 0 Å². The van der Waals surface area contributed by atoms with Gasteiger partial charge >= 0.3 is 0 Å². The SMILES string of the molecule is CCNCC1CCC(CN2CCCC3CCCCC32)O1. The van der Waals surface area contributed by atoms with Gasteiger partial charge in [0.25, 0.3) is 0 Å². The summed E-state index contributed by atoms with van der Waals surface area (Å²) in [6.07, 6.45) is 12.2. The molecule has 2 saturated heterocycles. The minimum Gasteiger partial charge on any atom is -0.372 e. The smallest absolute Gasteiger partial charge is 0.0707 e. The van der Waals surface area contributed by atoms with E-state index in [1.54, 1.807) is 0 Å². The maximum atomic E-state index is 6.24. The molecule has 0 bridgehead atoms. The van der Waals surface area contributed by atoms with Gasteiger partial charge in [-0.2, -0.15) is 0 Å². The molecule has 0 spiro atoms. The summed E-state index contributed by atoms with van der Waals surface area (Å²) >= 11 is 0. The van der Waals surface area contributed by atoms with Crippen molar-refractivity contribution in [1.82, 2.24) is 10.2 Å². The van der Waals surface area contributed by atoms with Gasteiger partial charge in [0, 0.05) is 19.1 Å². The summed E-state index contributed by atoms with van der Waals surface area (Å²) < 4.78 is 6.24. The Kier molecular flexibility index (Phi) is 5.36. The fourth-order valence-electron chi connectivity index (χ4n) is 4.59. The molecule has 116 valence electrons. The van der Waals surface area contributed by atoms with E-state index in [-0.39, 0.29) is 0 Å². The van der Waals surface area contributed by atoms with Crippen LogP contribution < -0.4 is 5.32 Å². The topological polar surface area (TPSA) is 24.5 Å². The molecule has 0 aromatic carbocycles. The lowest BCUT2D eigenvalue weighted by Gasteiger charge is -2.45. The number of hydrogen-bond acceptors (Lipinski definition) is 3. The Hall–Kier alpha value is -0.120. The summed E-state index contributed by atoms with van der Waals surface area (Å²) in [5, 5.41) is 3.42. The number of nitrogens with zero attached hydrogens (tertiary/aromatic N) is 1. The molecule has 3 fully saturated rings. The highest BCUT2D eigenvalue weighted by Crippen LogP contribution is 2.36. The van der Waals surface area contributed by atoms with Crippen LogP contribution >= 0.6 is 0 Å². The van der Waals surface area contributed by atoms with Crippen molar-refractivity contribution in [1.29, 1.82) is 0 Å². The van der Waals surface area contributed by atoms with Gasteiger partial charge < -0.3 is 10.1 Å². The van der Waals surface area contributed by atoms with E-state index in [1.807, 2.05) is 0 Å². The predicted molar refractivity (Wildman–Crippen MR) is 83.0 cm³/mol. The van der Waals surface area contributed by atoms with Crippen LogP contribution in [0.5, 0.6) is 0 Å². The maximum absolute atomic E-state index is 6.24. The fourth-order valence-corrected chi connectivity index (χ4v) is 4.59. The first-order chi connectivity index (χ1) is 9.86. The Balaban J connectivity index is 1.47. The van der Waals surface area contributed by atoms with Crippen molar-refractivity contribution in [2.24, 2.45) is 5.92 Å². The van der Waals surface area contributed by atoms with E-state index in [1.165, 1.54) is 64.5 Å². The predicted octanol–water partition coefficient (Wildman–Crippen LogP) is 2.80. The summed E-state index contributed by atoms with van der Waals surface area (Å²) in [4.78, 5) is 2.79. The number of likely N-dealkylation sites (N-methyl/N-ethyl adjacent to an activating group) is 1. The monoisotopic (exact) mass is 280 g/mol. The van der Waals surface area contributed by atoms with Crippen molar-refractivity contribution < 1.29 is 4.74 Å². The molecule has 0 amide bonds. The molecular formula is C17H32N2O. The number of rotatable bonds is 5. The number of fused-ring (bicyclic) bond motifs is 1. The summed E-state index contributed by atoms with van der Waals surface area (Å²) in [6.45, 7) is 6.78. The Morgan fingerprint density at radius 2 is 1.80 bits per heavy atom. The zero-order valence-electron chi connectivity index (χ0n) is 13.2. The molecule has 0 aromatic heterocycles. The van der Waals surface area contributed by atoms with Crippen LogP contribution in [0.4, 0.5) is 0 Å². The maximum Gasteiger partial charge on any atom is 0.0707 e. The molecule has 1 aliphatic carbocycles. The third-order valence-electron chi connectivity index (χ3n) is 5.61. The summed E-state index contributed by atoms with van der Waals surface area (Å²) in [6, 6.07) is 0.883. The fraction of sp³-hybridized carbons (Fsp3) is 1.00. The molecular weight excluding hydrogens is 248 g/mol. The lowest BCUT2D eigenvalue weighted by Crippen LogP contribution is -2.49. The van der Waals surface area contributed by atoms with Crippen molar-refractivity contribution in [2.45, 2.75) is 76.5 Å². The summed E-state index contributed by atoms with van der Waals surface area (Å²) in [7, 11) is 0. The molecule has 3 heteroatoms. The summed E-state index contributed by atoms with van der Waals surface area (Å²) in [5.41, 5.74) is 0. The second-order valence-corrected chi connectivity index (χ2v) is 7.01. The molecule has 4 atom stereocenters. The molecule has 1 saturated carbocycles. The highest BCUT2D eigenvalue weighted by molar-refractivity contribution is 4.89. The average Bonchev–Trinajstić information content (AvgIpc) is 2.93. The molecule has 4 unspecified atom stereocenters. The molecule has 20 heavy (non-hydrogen) atoms. The third kappa shape index (κ3) is 3.55. The number of ether oxygens (including phenoxy) is 1. The Morgan fingerprint density at radius 1 is 1.00 bits per heavy atom. The Labute approximate surface area is 124 Å². The number of piperidine rings is 1. The molecule has 3 rings (SSSR count). The molecule has 3 aliphatic rings. The highest BCUT2D eigenvalue weighted by Gasteiger charge is 2.35. The van der Waals surface area contributed by atoms with Gasteiger partial charge in [0.1, 0.15) is 0 Å². The lowest BCUT2D eigenvalue weighted by molar-refractivity contribution is -0.0124. The van der Waals surface area contributed by atoms with Crippen LogP contribution in [0.1, 0.15) is 58.3 Å². The van der Waals surface area contributed by atoms with Gasteiger partial charge in [-0.3, -0.25) is 4.90 Å². The van der Waals surface area contributed by atoms with Crippen LogP contribution in [0.3, 0.4) is 0 Å². The first-order valence-corrected chi connectivity index (χ1v) is 8.97. The van der Waals surface area contributed by atoms with Crippen molar-refractivity contribution in [2.75, 3.05) is 26.2 Å². The molecule has 2 heterocycles. The van der Waals surface area contributed by atoms with Gasteiger partial charge in [0.15, 0.2) is 0 Å². The first kappa shape index (κ1) is 14.8. The van der Waals surface area contributed by atoms with Crippen LogP contribution in [0.25, 0.3) is 0 Å². The number of nitrogens with one attached hydrogen (secondary N) is 1. The lowest BCUT2D eigenvalue weighted by atomic mass is 9.78. The van der Waals surface area contributed by atoms with Gasteiger partial charge in [0.2, 0.25) is 0 Å². The van der Waals surface area contributed by atoms with E-state index in [9.17, 15) is 0 Å². The van der Waals surface area contributed by atoms with Crippen molar-refractivity contribution in [3.8, 4) is 0 Å². The Bertz CT molecular complexity index is 295. The van der Waals surface area contributed by atoms with Gasteiger partial charge in [-0.05, 0) is 57.5 Å². The average molecular weight is 280 g/mol. The number of likely N-dealkylation sites (tertiary alicyclic amines) is 1. The normalized spacial score (nSPS) is 38.9. The molecule has 2 aliphatic heterocycles. The minimum atomic E-state index is 0.465. The quantitative estimate of drug-likeness (QED) is 0.838. The molecule has 0 aromatic rings. The summed E-state index contributed by atoms with van der Waals surface area (Å²) in [5.74, 6) is 0.997. The van der Waals surface area contributed by atoms with Crippen LogP contribution in [-0.2, 0) is 4.74 Å². The number of hydrogen-bond donors (Lipinski definition) is 1. The van der Waals surface area contributed by atoms with Crippen molar-refractivity contribution in [3.63, 3.8) is 0 Å². The first-order valence-electron chi connectivity index (χ1n) is 8.97. The van der Waals surface area contributed by atoms with E-state index in [4.69, 9.17) is 4.74 Å². The zero-order chi connectivity index (χ0) is 13.8. The van der Waals surface area contributed by atoms with Crippen LogP contribution in [0, 0.1) is 5.92 Å². The largest absolute Gasteiger partial charge is 0.372 e. The minimum absolute atomic E-state index is 0.465. The van der Waals surface area contributed by atoms with Gasteiger partial charge in [-0.25, -0.2) is 0 Å². The van der Waals surface area contributed by atoms with E-state index in [0.29, 0.717) is 12.2 Å². The Morgan fingerprint density at radius 3 is 2.70 bits per heavy atom. The van der Waals surface area contributed by atoms with Crippen LogP contribution in [0.15, 0.2) is 0 Å². The molecule has 1 N–H and O–H groups in total. The van der Waals surface area contributed by atoms with Crippen molar-refractivity contribution in [3.05, 3.63) is 0 Å². The highest BCUT2D eigenvalue weighted by atomic mass is 16.5. The molecule has 0 radical (unpaired) electrons. The van der Waals surface area contributed by atoms with E-state index in [2.05, 4.69) is 17.1 Å². The van der Waals surface area contributed by atoms with Gasteiger partial charge in [0.05, 0.1) is 12.2 Å².